The van der Waals surface area contributed by atoms with E-state index in [0.29, 0.717) is 0 Å². The summed E-state index contributed by atoms with van der Waals surface area (Å²) in [6.45, 7) is 10.1. The van der Waals surface area contributed by atoms with Gasteiger partial charge in [-0.15, -0.1) is 0 Å². The molecule has 2 heteroatoms. The van der Waals surface area contributed by atoms with Crippen LogP contribution in [-0.2, 0) is 0 Å². The van der Waals surface area contributed by atoms with Gasteiger partial charge >= 0.3 is 0 Å². The third-order valence-corrected chi connectivity index (χ3v) is 2.40. The van der Waals surface area contributed by atoms with Gasteiger partial charge in [0.1, 0.15) is 0 Å². The molecule has 0 aliphatic rings. The van der Waals surface area contributed by atoms with E-state index in [4.69, 9.17) is 0 Å². The van der Waals surface area contributed by atoms with Crippen LogP contribution in [0.15, 0.2) is 12.2 Å². The largest absolute Gasteiger partial charge is 0.412 e. The van der Waals surface area contributed by atoms with E-state index in [-0.39, 0.29) is 5.48 Å². The van der Waals surface area contributed by atoms with Crippen LogP contribution in [0.5, 0.6) is 0 Å². The zero-order valence-corrected chi connectivity index (χ0v) is 10.1. The van der Waals surface area contributed by atoms with Crippen LogP contribution in [-0.4, -0.2) is 30.0 Å². The minimum atomic E-state index is 0. The van der Waals surface area contributed by atoms with Crippen LogP contribution in [0, 0.1) is 0 Å². The number of hydrogen-bond acceptors (Lipinski definition) is 1. The van der Waals surface area contributed by atoms with Gasteiger partial charge in [-0.2, -0.15) is 0 Å². The topological polar surface area (TPSA) is 34.7 Å². The Labute approximate surface area is 89.3 Å². The monoisotopic (exact) mass is 201 g/mol. The zero-order valence-electron chi connectivity index (χ0n) is 10.1. The Kier molecular flexibility index (Phi) is 14.6. The summed E-state index contributed by atoms with van der Waals surface area (Å²) >= 11 is 0. The van der Waals surface area contributed by atoms with E-state index in [9.17, 15) is 0 Å². The van der Waals surface area contributed by atoms with Crippen molar-refractivity contribution in [3.05, 3.63) is 12.2 Å². The average molecular weight is 201 g/mol. The summed E-state index contributed by atoms with van der Waals surface area (Å²) in [6, 6.07) is 0. The first-order valence-electron chi connectivity index (χ1n) is 5.72. The molecule has 0 atom stereocenters. The van der Waals surface area contributed by atoms with Gasteiger partial charge in [-0.3, -0.25) is 0 Å². The molecular weight excluding hydrogens is 174 g/mol. The average Bonchev–Trinajstić information content (AvgIpc) is 2.17. The van der Waals surface area contributed by atoms with E-state index in [1.54, 1.807) is 0 Å². The van der Waals surface area contributed by atoms with Crippen LogP contribution in [0.3, 0.4) is 0 Å². The van der Waals surface area contributed by atoms with Crippen LogP contribution >= 0.6 is 0 Å². The second-order valence-electron chi connectivity index (χ2n) is 3.45. The van der Waals surface area contributed by atoms with Crippen molar-refractivity contribution in [2.24, 2.45) is 0 Å². The molecule has 0 radical (unpaired) electrons. The smallest absolute Gasteiger partial charge is 0.0162 e. The van der Waals surface area contributed by atoms with Crippen molar-refractivity contribution in [3.63, 3.8) is 0 Å². The number of likely N-dealkylation sites (N-methyl/N-ethyl adjacent to an activating group) is 1. The SMILES string of the molecule is CCCCCC=CCN(CC)CC.O. The van der Waals surface area contributed by atoms with E-state index in [1.165, 1.54) is 25.7 Å². The lowest BCUT2D eigenvalue weighted by Crippen LogP contribution is -2.22. The zero-order chi connectivity index (χ0) is 9.94. The van der Waals surface area contributed by atoms with E-state index >= 15 is 0 Å². The molecule has 2 N–H and O–H groups in total. The van der Waals surface area contributed by atoms with Crippen LogP contribution in [0.4, 0.5) is 0 Å². The van der Waals surface area contributed by atoms with Crippen molar-refractivity contribution in [1.82, 2.24) is 4.90 Å². The molecule has 0 bridgehead atoms. The molecule has 0 aromatic carbocycles. The third kappa shape index (κ3) is 9.75. The normalized spacial score (nSPS) is 10.9. The summed E-state index contributed by atoms with van der Waals surface area (Å²) in [7, 11) is 0. The van der Waals surface area contributed by atoms with E-state index in [0.717, 1.165) is 19.6 Å². The van der Waals surface area contributed by atoms with Crippen LogP contribution in [0.2, 0.25) is 0 Å². The fraction of sp³-hybridized carbons (Fsp3) is 0.833. The fourth-order valence-electron chi connectivity index (χ4n) is 1.34. The summed E-state index contributed by atoms with van der Waals surface area (Å²) in [5.74, 6) is 0. The van der Waals surface area contributed by atoms with Crippen LogP contribution in [0.1, 0.15) is 46.5 Å². The molecule has 0 heterocycles. The predicted octanol–water partition coefficient (Wildman–Crippen LogP) is 2.64. The second-order valence-corrected chi connectivity index (χ2v) is 3.45. The summed E-state index contributed by atoms with van der Waals surface area (Å²) in [6.07, 6.45) is 9.94. The molecule has 0 rings (SSSR count). The first-order chi connectivity index (χ1) is 6.35. The van der Waals surface area contributed by atoms with Crippen molar-refractivity contribution in [2.75, 3.05) is 19.6 Å². The summed E-state index contributed by atoms with van der Waals surface area (Å²) in [5, 5.41) is 0. The molecular formula is C12H27NO. The lowest BCUT2D eigenvalue weighted by atomic mass is 10.2. The first kappa shape index (κ1) is 16.1. The molecule has 0 aliphatic heterocycles. The molecule has 0 aliphatic carbocycles. The van der Waals surface area contributed by atoms with Gasteiger partial charge in [-0.05, 0) is 25.9 Å². The highest BCUT2D eigenvalue weighted by atomic mass is 16.0. The van der Waals surface area contributed by atoms with Crippen LogP contribution < -0.4 is 0 Å². The highest BCUT2D eigenvalue weighted by Crippen LogP contribution is 1.99. The number of allylic oxidation sites excluding steroid dienone is 1. The Morgan fingerprint density at radius 3 is 2.07 bits per heavy atom. The van der Waals surface area contributed by atoms with Gasteiger partial charge in [0, 0.05) is 6.54 Å². The van der Waals surface area contributed by atoms with Crippen molar-refractivity contribution in [1.29, 1.82) is 0 Å². The van der Waals surface area contributed by atoms with Gasteiger partial charge in [0.25, 0.3) is 0 Å². The maximum Gasteiger partial charge on any atom is 0.0162 e. The fourth-order valence-corrected chi connectivity index (χ4v) is 1.34. The van der Waals surface area contributed by atoms with E-state index < -0.39 is 0 Å². The minimum Gasteiger partial charge on any atom is -0.412 e. The molecule has 0 aromatic rings. The summed E-state index contributed by atoms with van der Waals surface area (Å²) in [5.41, 5.74) is 0. The lowest BCUT2D eigenvalue weighted by Gasteiger charge is -2.14. The third-order valence-electron chi connectivity index (χ3n) is 2.40. The van der Waals surface area contributed by atoms with Gasteiger partial charge in [0.2, 0.25) is 0 Å². The highest BCUT2D eigenvalue weighted by molar-refractivity contribution is 4.84. The Balaban J connectivity index is 0. The molecule has 0 saturated heterocycles. The molecule has 2 nitrogen and oxygen atoms in total. The molecule has 86 valence electrons. The highest BCUT2D eigenvalue weighted by Gasteiger charge is 1.92. The van der Waals surface area contributed by atoms with Gasteiger partial charge < -0.3 is 10.4 Å². The summed E-state index contributed by atoms with van der Waals surface area (Å²) < 4.78 is 0. The molecule has 0 amide bonds. The molecule has 0 spiro atoms. The maximum atomic E-state index is 2.43. The Bertz CT molecular complexity index is 119. The summed E-state index contributed by atoms with van der Waals surface area (Å²) in [4.78, 5) is 2.43. The van der Waals surface area contributed by atoms with Gasteiger partial charge in [0.05, 0.1) is 0 Å². The van der Waals surface area contributed by atoms with Crippen molar-refractivity contribution >= 4 is 0 Å². The number of unbranched alkanes of at least 4 members (excludes halogenated alkanes) is 3. The van der Waals surface area contributed by atoms with Crippen molar-refractivity contribution in [2.45, 2.75) is 46.5 Å². The number of rotatable bonds is 8. The Morgan fingerprint density at radius 1 is 0.929 bits per heavy atom. The maximum absolute atomic E-state index is 2.43. The van der Waals surface area contributed by atoms with Crippen LogP contribution in [0.25, 0.3) is 0 Å². The van der Waals surface area contributed by atoms with Gasteiger partial charge in [0.15, 0.2) is 0 Å². The lowest BCUT2D eigenvalue weighted by molar-refractivity contribution is 0.337. The molecule has 0 aromatic heterocycles. The molecule has 0 saturated carbocycles. The predicted molar refractivity (Wildman–Crippen MR) is 64.7 cm³/mol. The molecule has 0 unspecified atom stereocenters. The van der Waals surface area contributed by atoms with Crippen molar-refractivity contribution < 1.29 is 5.48 Å². The number of nitrogens with zero attached hydrogens (tertiary/aromatic N) is 1. The van der Waals surface area contributed by atoms with E-state index in [2.05, 4.69) is 37.8 Å². The number of hydrogen-bond donors (Lipinski definition) is 0. The molecule has 14 heavy (non-hydrogen) atoms. The Morgan fingerprint density at radius 2 is 1.57 bits per heavy atom. The Hall–Kier alpha value is -0.340. The molecule has 0 fully saturated rings. The second kappa shape index (κ2) is 12.7. The minimum absolute atomic E-state index is 0. The van der Waals surface area contributed by atoms with E-state index in [1.807, 2.05) is 0 Å². The van der Waals surface area contributed by atoms with Gasteiger partial charge in [-0.25, -0.2) is 0 Å². The van der Waals surface area contributed by atoms with Crippen molar-refractivity contribution in [3.8, 4) is 0 Å². The first-order valence-corrected chi connectivity index (χ1v) is 5.72. The quantitative estimate of drug-likeness (QED) is 0.439. The standard InChI is InChI=1S/C12H25N.H2O/c1-4-7-8-9-10-11-12-13(5-2)6-3;/h10-11H,4-9,12H2,1-3H3;1H2. The van der Waals surface area contributed by atoms with Gasteiger partial charge in [-0.1, -0.05) is 45.8 Å².